The van der Waals surface area contributed by atoms with Crippen LogP contribution in [0.2, 0.25) is 0 Å². The average molecular weight is 386 g/mol. The van der Waals surface area contributed by atoms with Gasteiger partial charge in [-0.2, -0.15) is 4.31 Å². The third-order valence-electron chi connectivity index (χ3n) is 6.00. The first-order valence-electron chi connectivity index (χ1n) is 9.54. The largest absolute Gasteiger partial charge is 0.311 e. The molecule has 2 saturated heterocycles. The van der Waals surface area contributed by atoms with Crippen LogP contribution in [0, 0.1) is 0 Å². The van der Waals surface area contributed by atoms with E-state index < -0.39 is 10.0 Å². The van der Waals surface area contributed by atoms with Crippen molar-refractivity contribution < 1.29 is 8.42 Å². The monoisotopic (exact) mass is 385 g/mol. The van der Waals surface area contributed by atoms with Gasteiger partial charge >= 0.3 is 0 Å². The van der Waals surface area contributed by atoms with Crippen LogP contribution in [0.4, 0.5) is 0 Å². The van der Waals surface area contributed by atoms with Crippen molar-refractivity contribution in [3.05, 3.63) is 66.3 Å². The minimum Gasteiger partial charge on any atom is -0.311 e. The molecule has 2 bridgehead atoms. The number of likely N-dealkylation sites (tertiary alicyclic amines) is 1. The second kappa shape index (κ2) is 7.36. The second-order valence-electron chi connectivity index (χ2n) is 7.62. The summed E-state index contributed by atoms with van der Waals surface area (Å²) in [6.45, 7) is 11.5. The summed E-state index contributed by atoms with van der Waals surface area (Å²) in [5.41, 5.74) is 3.19. The summed E-state index contributed by atoms with van der Waals surface area (Å²) in [5.74, 6) is 0. The molecule has 5 nitrogen and oxygen atoms in total. The maximum Gasteiger partial charge on any atom is 0.243 e. The van der Waals surface area contributed by atoms with Crippen molar-refractivity contribution in [2.45, 2.75) is 36.4 Å². The number of allylic oxidation sites excluding steroid dienone is 1. The number of hydrogen-bond acceptors (Lipinski definition) is 4. The predicted octanol–water partition coefficient (Wildman–Crippen LogP) is 2.30. The molecule has 6 heteroatoms. The highest BCUT2D eigenvalue weighted by Crippen LogP contribution is 2.27. The molecular weight excluding hydrogens is 358 g/mol. The smallest absolute Gasteiger partial charge is 0.243 e. The van der Waals surface area contributed by atoms with Gasteiger partial charge in [0.25, 0.3) is 0 Å². The Balaban J connectivity index is 1.47. The standard InChI is InChI=1S/C21H27N3O2S/c1-3-17-9-10-24(14-18(17)4-2)27(25,26)21-7-5-16(6-8-21)13-23-15-19-11-20(23)12-22-19/h3-8,19-20,22H,1-2,9-15H2. The van der Waals surface area contributed by atoms with E-state index in [0.29, 0.717) is 36.5 Å². The Morgan fingerprint density at radius 2 is 1.89 bits per heavy atom. The van der Waals surface area contributed by atoms with Gasteiger partial charge in [-0.15, -0.1) is 0 Å². The summed E-state index contributed by atoms with van der Waals surface area (Å²) < 4.78 is 27.6. The van der Waals surface area contributed by atoms with Crippen LogP contribution in [-0.2, 0) is 16.6 Å². The van der Waals surface area contributed by atoms with E-state index in [1.165, 1.54) is 16.3 Å². The first kappa shape index (κ1) is 18.6. The lowest BCUT2D eigenvalue weighted by molar-refractivity contribution is 0.218. The highest BCUT2D eigenvalue weighted by atomic mass is 32.2. The predicted molar refractivity (Wildman–Crippen MR) is 108 cm³/mol. The average Bonchev–Trinajstić information content (AvgIpc) is 3.31. The zero-order chi connectivity index (χ0) is 19.0. The number of hydrogen-bond donors (Lipinski definition) is 1. The molecule has 1 aromatic rings. The Labute approximate surface area is 162 Å². The number of piperazine rings is 1. The Kier molecular flexibility index (Phi) is 5.07. The Morgan fingerprint density at radius 1 is 1.15 bits per heavy atom. The first-order valence-corrected chi connectivity index (χ1v) is 11.0. The molecule has 3 heterocycles. The van der Waals surface area contributed by atoms with E-state index in [9.17, 15) is 8.42 Å². The second-order valence-corrected chi connectivity index (χ2v) is 9.55. The SMILES string of the molecule is C=CC1=C(C=C)CN(S(=O)(=O)c2ccc(CN3CC4CC3CN4)cc2)CC1. The van der Waals surface area contributed by atoms with E-state index in [4.69, 9.17) is 0 Å². The quantitative estimate of drug-likeness (QED) is 0.816. The molecule has 1 N–H and O–H groups in total. The van der Waals surface area contributed by atoms with Crippen molar-refractivity contribution in [2.24, 2.45) is 0 Å². The third kappa shape index (κ3) is 3.55. The molecular formula is C21H27N3O2S. The summed E-state index contributed by atoms with van der Waals surface area (Å²) in [6, 6.07) is 8.65. The molecule has 0 spiro atoms. The van der Waals surface area contributed by atoms with Gasteiger partial charge in [-0.25, -0.2) is 8.42 Å². The number of rotatable bonds is 6. The summed E-state index contributed by atoms with van der Waals surface area (Å²) in [7, 11) is -3.50. The molecule has 1 aromatic carbocycles. The van der Waals surface area contributed by atoms with Crippen LogP contribution in [0.3, 0.4) is 0 Å². The number of nitrogens with zero attached hydrogens (tertiary/aromatic N) is 2. The minimum atomic E-state index is -3.50. The molecule has 144 valence electrons. The zero-order valence-electron chi connectivity index (χ0n) is 15.6. The lowest BCUT2D eigenvalue weighted by atomic mass is 10.0. The van der Waals surface area contributed by atoms with Gasteiger partial charge in [0.2, 0.25) is 10.0 Å². The van der Waals surface area contributed by atoms with E-state index in [1.54, 1.807) is 24.3 Å². The van der Waals surface area contributed by atoms with Crippen LogP contribution >= 0.6 is 0 Å². The normalized spacial score (nSPS) is 26.5. The molecule has 0 saturated carbocycles. The minimum absolute atomic E-state index is 0.360. The molecule has 2 atom stereocenters. The molecule has 27 heavy (non-hydrogen) atoms. The Hall–Kier alpha value is -1.73. The fourth-order valence-corrected chi connectivity index (χ4v) is 5.82. The number of sulfonamides is 1. The lowest BCUT2D eigenvalue weighted by Gasteiger charge is -2.29. The van der Waals surface area contributed by atoms with Crippen LogP contribution in [0.1, 0.15) is 18.4 Å². The Morgan fingerprint density at radius 3 is 2.48 bits per heavy atom. The van der Waals surface area contributed by atoms with Gasteiger partial charge in [-0.3, -0.25) is 4.90 Å². The highest BCUT2D eigenvalue weighted by molar-refractivity contribution is 7.89. The maximum atomic E-state index is 13.0. The van der Waals surface area contributed by atoms with Gasteiger partial charge in [0.1, 0.15) is 0 Å². The van der Waals surface area contributed by atoms with Gasteiger partial charge < -0.3 is 5.32 Å². The molecule has 2 unspecified atom stereocenters. The number of benzene rings is 1. The molecule has 0 radical (unpaired) electrons. The van der Waals surface area contributed by atoms with Crippen LogP contribution in [0.15, 0.2) is 65.6 Å². The number of fused-ring (bicyclic) bond motifs is 2. The van der Waals surface area contributed by atoms with Gasteiger partial charge in [0.15, 0.2) is 0 Å². The zero-order valence-corrected chi connectivity index (χ0v) is 16.4. The molecule has 3 aliphatic heterocycles. The van der Waals surface area contributed by atoms with Crippen molar-refractivity contribution in [3.63, 3.8) is 0 Å². The Bertz CT molecular complexity index is 873. The summed E-state index contributed by atoms with van der Waals surface area (Å²) >= 11 is 0. The van der Waals surface area contributed by atoms with E-state index in [1.807, 2.05) is 12.1 Å². The molecule has 2 fully saturated rings. The summed E-state index contributed by atoms with van der Waals surface area (Å²) in [4.78, 5) is 2.86. The fourth-order valence-electron chi connectivity index (χ4n) is 4.40. The van der Waals surface area contributed by atoms with Crippen LogP contribution in [0.25, 0.3) is 0 Å². The van der Waals surface area contributed by atoms with E-state index in [2.05, 4.69) is 23.4 Å². The van der Waals surface area contributed by atoms with Crippen molar-refractivity contribution in [1.82, 2.24) is 14.5 Å². The van der Waals surface area contributed by atoms with Gasteiger partial charge in [0, 0.05) is 44.8 Å². The maximum absolute atomic E-state index is 13.0. The topological polar surface area (TPSA) is 52.7 Å². The van der Waals surface area contributed by atoms with Crippen molar-refractivity contribution >= 4 is 10.0 Å². The van der Waals surface area contributed by atoms with Crippen LogP contribution in [-0.4, -0.2) is 55.9 Å². The molecule has 0 amide bonds. The number of nitrogens with one attached hydrogen (secondary N) is 1. The molecule has 3 aliphatic rings. The highest BCUT2D eigenvalue weighted by Gasteiger charge is 2.37. The van der Waals surface area contributed by atoms with E-state index in [-0.39, 0.29) is 0 Å². The lowest BCUT2D eigenvalue weighted by Crippen LogP contribution is -2.42. The van der Waals surface area contributed by atoms with Crippen molar-refractivity contribution in [3.8, 4) is 0 Å². The summed E-state index contributed by atoms with van der Waals surface area (Å²) in [6.07, 6.45) is 5.44. The van der Waals surface area contributed by atoms with Crippen LogP contribution < -0.4 is 5.32 Å². The molecule has 4 rings (SSSR count). The van der Waals surface area contributed by atoms with Crippen molar-refractivity contribution in [1.29, 1.82) is 0 Å². The van der Waals surface area contributed by atoms with E-state index >= 15 is 0 Å². The first-order chi connectivity index (χ1) is 13.0. The van der Waals surface area contributed by atoms with E-state index in [0.717, 1.165) is 30.8 Å². The summed E-state index contributed by atoms with van der Waals surface area (Å²) in [5, 5.41) is 3.51. The molecule has 0 aliphatic carbocycles. The van der Waals surface area contributed by atoms with Gasteiger partial charge in [0.05, 0.1) is 4.90 Å². The molecule has 0 aromatic heterocycles. The van der Waals surface area contributed by atoms with Gasteiger partial charge in [-0.1, -0.05) is 37.4 Å². The third-order valence-corrected chi connectivity index (χ3v) is 7.86. The van der Waals surface area contributed by atoms with Crippen molar-refractivity contribution in [2.75, 3.05) is 26.2 Å². The van der Waals surface area contributed by atoms with Gasteiger partial charge in [-0.05, 0) is 41.7 Å². The fraction of sp³-hybridized carbons (Fsp3) is 0.429. The van der Waals surface area contributed by atoms with Crippen LogP contribution in [0.5, 0.6) is 0 Å².